The zero-order valence-corrected chi connectivity index (χ0v) is 24.6. The number of aromatic nitrogens is 1. The Balaban J connectivity index is 1.68. The molecule has 1 aliphatic heterocycles. The van der Waals surface area contributed by atoms with Gasteiger partial charge in [-0.2, -0.15) is 4.31 Å². The maximum absolute atomic E-state index is 14.3. The predicted molar refractivity (Wildman–Crippen MR) is 159 cm³/mol. The molecule has 0 saturated carbocycles. The topological polar surface area (TPSA) is 96.7 Å². The fraction of sp³-hybridized carbons (Fsp3) is 0.188. The summed E-state index contributed by atoms with van der Waals surface area (Å²) in [5, 5.41) is 13.1. The van der Waals surface area contributed by atoms with E-state index in [1.165, 1.54) is 20.4 Å². The first-order valence-electron chi connectivity index (χ1n) is 13.2. The molecular weight excluding hydrogens is 556 g/mol. The summed E-state index contributed by atoms with van der Waals surface area (Å²) in [7, 11) is -8.30. The molecule has 9 heteroatoms. The normalized spacial score (nSPS) is 18.0. The third kappa shape index (κ3) is 4.40. The predicted octanol–water partition coefficient (Wildman–Crippen LogP) is 5.24. The lowest BCUT2D eigenvalue weighted by molar-refractivity contribution is 0.0465. The summed E-state index contributed by atoms with van der Waals surface area (Å²) >= 11 is 0. The molecule has 0 amide bonds. The van der Waals surface area contributed by atoms with E-state index < -0.39 is 25.6 Å². The Morgan fingerprint density at radius 2 is 1.22 bits per heavy atom. The van der Waals surface area contributed by atoms with Crippen LogP contribution in [0.3, 0.4) is 0 Å². The van der Waals surface area contributed by atoms with Crippen LogP contribution in [-0.4, -0.2) is 36.8 Å². The molecule has 0 saturated heterocycles. The van der Waals surface area contributed by atoms with Crippen molar-refractivity contribution in [3.05, 3.63) is 131 Å². The van der Waals surface area contributed by atoms with E-state index in [0.717, 1.165) is 16.7 Å². The Morgan fingerprint density at radius 1 is 0.683 bits per heavy atom. The van der Waals surface area contributed by atoms with Crippen LogP contribution in [0.5, 0.6) is 0 Å². The molecule has 5 aromatic rings. The van der Waals surface area contributed by atoms with Crippen molar-refractivity contribution in [1.82, 2.24) is 8.28 Å². The maximum atomic E-state index is 14.3. The van der Waals surface area contributed by atoms with Gasteiger partial charge in [-0.3, -0.25) is 0 Å². The summed E-state index contributed by atoms with van der Waals surface area (Å²) in [6, 6.07) is 27.3. The molecule has 0 spiro atoms. The van der Waals surface area contributed by atoms with Gasteiger partial charge in [0, 0.05) is 10.9 Å². The molecule has 1 aromatic heterocycles. The van der Waals surface area contributed by atoms with Gasteiger partial charge in [-0.05, 0) is 62.2 Å². The summed E-state index contributed by atoms with van der Waals surface area (Å²) in [5.74, 6) is 0. The second kappa shape index (κ2) is 9.66. The van der Waals surface area contributed by atoms with Crippen LogP contribution >= 0.6 is 0 Å². The Kier molecular flexibility index (Phi) is 6.46. The van der Waals surface area contributed by atoms with Crippen molar-refractivity contribution in [2.24, 2.45) is 0 Å². The van der Waals surface area contributed by atoms with Gasteiger partial charge in [0.1, 0.15) is 5.60 Å². The summed E-state index contributed by atoms with van der Waals surface area (Å²) in [6.07, 6.45) is 0. The van der Waals surface area contributed by atoms with Gasteiger partial charge in [0.15, 0.2) is 0 Å². The van der Waals surface area contributed by atoms with Crippen LogP contribution in [-0.2, 0) is 32.2 Å². The van der Waals surface area contributed by atoms with Crippen LogP contribution in [0.2, 0.25) is 0 Å². The number of β-amino-alcohol motifs (C(OH)–C–C–N with tert-alkyl or cyclic N) is 1. The number of benzene rings is 4. The highest BCUT2D eigenvalue weighted by Crippen LogP contribution is 2.45. The number of nitrogens with zero attached hydrogens (tertiary/aromatic N) is 2. The molecule has 0 unspecified atom stereocenters. The van der Waals surface area contributed by atoms with E-state index in [2.05, 4.69) is 0 Å². The van der Waals surface area contributed by atoms with E-state index in [1.807, 2.05) is 39.0 Å². The van der Waals surface area contributed by atoms with Crippen molar-refractivity contribution in [3.63, 3.8) is 0 Å². The van der Waals surface area contributed by atoms with E-state index >= 15 is 0 Å². The Labute approximate surface area is 240 Å². The molecule has 2 heterocycles. The van der Waals surface area contributed by atoms with E-state index in [4.69, 9.17) is 0 Å². The van der Waals surface area contributed by atoms with Gasteiger partial charge < -0.3 is 5.11 Å². The quantitative estimate of drug-likeness (QED) is 0.304. The van der Waals surface area contributed by atoms with Gasteiger partial charge in [-0.25, -0.2) is 20.8 Å². The molecule has 7 nitrogen and oxygen atoms in total. The molecule has 41 heavy (non-hydrogen) atoms. The third-order valence-electron chi connectivity index (χ3n) is 7.79. The maximum Gasteiger partial charge on any atom is 0.268 e. The van der Waals surface area contributed by atoms with Crippen molar-refractivity contribution in [3.8, 4) is 0 Å². The molecule has 210 valence electrons. The van der Waals surface area contributed by atoms with Crippen molar-refractivity contribution in [2.45, 2.75) is 42.7 Å². The Bertz CT molecular complexity index is 2000. The van der Waals surface area contributed by atoms with Gasteiger partial charge in [-0.15, -0.1) is 0 Å². The number of hydrogen-bond acceptors (Lipinski definition) is 5. The number of rotatable bonds is 5. The van der Waals surface area contributed by atoms with Crippen LogP contribution < -0.4 is 0 Å². The molecule has 6 rings (SSSR count). The highest BCUT2D eigenvalue weighted by molar-refractivity contribution is 7.90. The molecular formula is C32H30N2O5S2. The van der Waals surface area contributed by atoms with Gasteiger partial charge in [0.25, 0.3) is 10.0 Å². The van der Waals surface area contributed by atoms with Gasteiger partial charge in [-0.1, -0.05) is 77.9 Å². The van der Waals surface area contributed by atoms with Crippen molar-refractivity contribution in [1.29, 1.82) is 0 Å². The van der Waals surface area contributed by atoms with E-state index in [-0.39, 0.29) is 28.6 Å². The summed E-state index contributed by atoms with van der Waals surface area (Å²) < 4.78 is 59.1. The third-order valence-corrected chi connectivity index (χ3v) is 11.4. The van der Waals surface area contributed by atoms with E-state index in [0.29, 0.717) is 22.0 Å². The average Bonchev–Trinajstić information content (AvgIpc) is 3.29. The van der Waals surface area contributed by atoms with Crippen LogP contribution in [0.25, 0.3) is 10.9 Å². The van der Waals surface area contributed by atoms with Crippen LogP contribution in [0.4, 0.5) is 0 Å². The SMILES string of the molecule is Cc1ccc(S(=O)(=O)N2Cc3c(c4ccc(C)cc4n3S(=O)(=O)c3ccc(C)cc3)[C@](O)(c3ccccc3)C2)cc1. The van der Waals surface area contributed by atoms with E-state index in [1.54, 1.807) is 66.7 Å². The zero-order chi connectivity index (χ0) is 29.2. The van der Waals surface area contributed by atoms with Crippen LogP contribution in [0.15, 0.2) is 107 Å². The molecule has 0 aliphatic carbocycles. The minimum atomic E-state index is -4.18. The summed E-state index contributed by atoms with van der Waals surface area (Å²) in [5.41, 5.74) is 2.29. The van der Waals surface area contributed by atoms with Crippen molar-refractivity contribution >= 4 is 30.9 Å². The first kappa shape index (κ1) is 27.4. The fourth-order valence-corrected chi connectivity index (χ4v) is 8.62. The number of aryl methyl sites for hydroxylation is 3. The number of sulfonamides is 1. The minimum absolute atomic E-state index is 0.0712. The summed E-state index contributed by atoms with van der Waals surface area (Å²) in [6.45, 7) is 5.09. The standard InChI is InChI=1S/C32H30N2O5S2/c1-22-9-14-26(15-10-22)40(36,37)33-20-30-31(32(35,21-33)25-7-5-4-6-8-25)28-18-13-24(3)19-29(28)34(30)41(38,39)27-16-11-23(2)12-17-27/h4-19,35H,20-21H2,1-3H3/t32-/m1/s1. The second-order valence-electron chi connectivity index (χ2n) is 10.7. The first-order chi connectivity index (χ1) is 19.4. The van der Waals surface area contributed by atoms with Crippen LogP contribution in [0.1, 0.15) is 33.5 Å². The average molecular weight is 587 g/mol. The number of hydrogen-bond donors (Lipinski definition) is 1. The largest absolute Gasteiger partial charge is 0.379 e. The van der Waals surface area contributed by atoms with Gasteiger partial charge in [0.2, 0.25) is 10.0 Å². The molecule has 1 atom stereocenters. The lowest BCUT2D eigenvalue weighted by Crippen LogP contribution is -2.49. The monoisotopic (exact) mass is 586 g/mol. The molecule has 4 aromatic carbocycles. The van der Waals surface area contributed by atoms with Gasteiger partial charge >= 0.3 is 0 Å². The fourth-order valence-electron chi connectivity index (χ4n) is 5.65. The highest BCUT2D eigenvalue weighted by Gasteiger charge is 2.48. The van der Waals surface area contributed by atoms with Crippen molar-refractivity contribution < 1.29 is 21.9 Å². The van der Waals surface area contributed by atoms with Crippen molar-refractivity contribution in [2.75, 3.05) is 6.54 Å². The molecule has 1 N–H and O–H groups in total. The molecule has 0 radical (unpaired) electrons. The first-order valence-corrected chi connectivity index (χ1v) is 16.1. The lowest BCUT2D eigenvalue weighted by Gasteiger charge is -2.39. The number of fused-ring (bicyclic) bond motifs is 3. The smallest absolute Gasteiger partial charge is 0.268 e. The zero-order valence-electron chi connectivity index (χ0n) is 22.9. The molecule has 0 fully saturated rings. The van der Waals surface area contributed by atoms with E-state index in [9.17, 15) is 21.9 Å². The lowest BCUT2D eigenvalue weighted by atomic mass is 9.82. The number of aliphatic hydroxyl groups is 1. The Hall–Kier alpha value is -3.76. The van der Waals surface area contributed by atoms with Crippen LogP contribution in [0, 0.1) is 20.8 Å². The molecule has 1 aliphatic rings. The molecule has 0 bridgehead atoms. The highest BCUT2D eigenvalue weighted by atomic mass is 32.2. The second-order valence-corrected chi connectivity index (χ2v) is 14.5. The summed E-state index contributed by atoms with van der Waals surface area (Å²) in [4.78, 5) is 0.146. The van der Waals surface area contributed by atoms with Gasteiger partial charge in [0.05, 0.1) is 34.1 Å². The minimum Gasteiger partial charge on any atom is -0.379 e. The Morgan fingerprint density at radius 3 is 1.80 bits per heavy atom.